The molecule has 2 amide bonds. The zero-order chi connectivity index (χ0) is 29.6. The number of fused-ring (bicyclic) bond motifs is 5. The molecule has 2 bridgehead atoms. The van der Waals surface area contributed by atoms with Gasteiger partial charge in [-0.2, -0.15) is 5.06 Å². The van der Waals surface area contributed by atoms with Gasteiger partial charge in [-0.1, -0.05) is 12.2 Å². The molecule has 3 aliphatic rings. The first-order valence-electron chi connectivity index (χ1n) is 13.0. The zero-order valence-corrected chi connectivity index (χ0v) is 27.4. The van der Waals surface area contributed by atoms with E-state index in [1.807, 2.05) is 48.5 Å². The van der Waals surface area contributed by atoms with Gasteiger partial charge in [-0.15, -0.1) is 0 Å². The quantitative estimate of drug-likeness (QED) is 0.138. The van der Waals surface area contributed by atoms with Crippen molar-refractivity contribution in [1.82, 2.24) is 5.06 Å². The summed E-state index contributed by atoms with van der Waals surface area (Å²) in [5, 5.41) is 12.2. The van der Waals surface area contributed by atoms with Gasteiger partial charge in [0.25, 0.3) is 11.8 Å². The Labute approximate surface area is 267 Å². The summed E-state index contributed by atoms with van der Waals surface area (Å²) in [7, 11) is 0. The first-order valence-corrected chi connectivity index (χ1v) is 19.7. The minimum atomic E-state index is -3.52. The predicted octanol–water partition coefficient (Wildman–Crippen LogP) is 4.99. The van der Waals surface area contributed by atoms with Crippen LogP contribution in [0.2, 0.25) is 20.1 Å². The van der Waals surface area contributed by atoms with E-state index in [-0.39, 0.29) is 17.3 Å². The van der Waals surface area contributed by atoms with E-state index in [1.54, 1.807) is 12.2 Å². The number of ether oxygens (including phenoxy) is 1. The van der Waals surface area contributed by atoms with E-state index in [0.717, 1.165) is 20.1 Å². The van der Waals surface area contributed by atoms with Crippen LogP contribution in [0.5, 0.6) is 0 Å². The van der Waals surface area contributed by atoms with Crippen LogP contribution in [0.15, 0.2) is 109 Å². The Bertz CT molecular complexity index is 1440. The zero-order valence-electron chi connectivity index (χ0n) is 21.8. The largest absolute Gasteiger partial charge is 0.365 e. The van der Waals surface area contributed by atoms with Crippen molar-refractivity contribution in [2.45, 2.75) is 12.2 Å². The number of halogens is 4. The molecule has 7 rings (SSSR count). The van der Waals surface area contributed by atoms with Crippen LogP contribution in [0.3, 0.4) is 0 Å². The Morgan fingerprint density at radius 3 is 1.05 bits per heavy atom. The Morgan fingerprint density at radius 1 is 0.524 bits per heavy atom. The fraction of sp³-hybridized carbons (Fsp3) is 0.125. The summed E-state index contributed by atoms with van der Waals surface area (Å²) in [4.78, 5) is 22.7. The molecule has 3 aliphatic heterocycles. The van der Waals surface area contributed by atoms with Crippen LogP contribution >= 0.6 is 46.4 Å². The van der Waals surface area contributed by atoms with E-state index >= 15 is 0 Å². The molecule has 0 aliphatic carbocycles. The van der Waals surface area contributed by atoms with Crippen LogP contribution < -0.4 is 14.0 Å². The standard InChI is InChI=1S/C8H7NO4.4C6H4Cl.Sb/c10-7-5-3-1-2-4(13-3)6(5)8(11)9(7)12;4*7-6-4-2-1-3-5-6;/h1-6,12H;4*2-5H;/t3-,4+,5?,6?;;;;;. The average Bonchev–Trinajstić information content (AvgIpc) is 3.68. The second kappa shape index (κ2) is 12.0. The third-order valence-electron chi connectivity index (χ3n) is 7.74. The molecule has 0 spiro atoms. The molecule has 4 aromatic rings. The maximum atomic E-state index is 11.3. The minimum Gasteiger partial charge on any atom is -0.365 e. The molecule has 2 unspecified atom stereocenters. The fourth-order valence-electron chi connectivity index (χ4n) is 5.84. The normalized spacial score (nSPS) is 22.3. The number of amides is 2. The van der Waals surface area contributed by atoms with E-state index in [9.17, 15) is 9.59 Å². The Hall–Kier alpha value is -2.34. The molecular formula is C32H23Cl4NO4Sb. The van der Waals surface area contributed by atoms with Crippen LogP contribution in [0, 0.1) is 11.8 Å². The smallest absolute Gasteiger partial charge is 0.260 e. The molecule has 2 fully saturated rings. The van der Waals surface area contributed by atoms with Gasteiger partial charge < -0.3 is 4.74 Å². The second-order valence-corrected chi connectivity index (χ2v) is 21.5. The number of carbonyl (C=O) groups is 2. The predicted molar refractivity (Wildman–Crippen MR) is 169 cm³/mol. The van der Waals surface area contributed by atoms with Crippen molar-refractivity contribution in [2.75, 3.05) is 0 Å². The van der Waals surface area contributed by atoms with E-state index in [2.05, 4.69) is 48.5 Å². The second-order valence-electron chi connectivity index (χ2n) is 10.1. The number of nitrogens with zero attached hydrogens (tertiary/aromatic N) is 1. The topological polar surface area (TPSA) is 66.8 Å². The Morgan fingerprint density at radius 2 is 0.786 bits per heavy atom. The molecule has 1 radical (unpaired) electrons. The molecule has 0 aromatic heterocycles. The number of hydrogen-bond acceptors (Lipinski definition) is 4. The summed E-state index contributed by atoms with van der Waals surface area (Å²) in [5.41, 5.74) is 0. The third-order valence-corrected chi connectivity index (χ3v) is 21.0. The van der Waals surface area contributed by atoms with Crippen molar-refractivity contribution >= 4 is 91.1 Å². The summed E-state index contributed by atoms with van der Waals surface area (Å²) in [6, 6.07) is 32.8. The third kappa shape index (κ3) is 5.20. The van der Waals surface area contributed by atoms with Crippen LogP contribution in [-0.4, -0.2) is 53.1 Å². The number of imide groups is 1. The summed E-state index contributed by atoms with van der Waals surface area (Å²) in [6.45, 7) is 0. The molecule has 2 saturated heterocycles. The van der Waals surface area contributed by atoms with Crippen molar-refractivity contribution in [2.24, 2.45) is 11.8 Å². The SMILES string of the molecule is Clc1cc[c]([Sb]([c]2ccc(Cl)cc2)([c]2ccc(Cl)cc2)[c]2ccc(Cl)cc2)cc1.O=C1C2C(C(=O)N1O)[C@H]1C=C[C@@H]2O1. The molecule has 0 saturated carbocycles. The Balaban J connectivity index is 0.000000200. The molecule has 3 heterocycles. The number of hydroxylamine groups is 2. The maximum Gasteiger partial charge on any atom is 0.260 e. The van der Waals surface area contributed by atoms with Gasteiger partial charge in [0.05, 0.1) is 24.0 Å². The first kappa shape index (κ1) is 29.7. The number of hydrogen-bond donors (Lipinski definition) is 1. The summed E-state index contributed by atoms with van der Waals surface area (Å²) in [6.07, 6.45) is 2.92. The van der Waals surface area contributed by atoms with Gasteiger partial charge in [0.15, 0.2) is 0 Å². The minimum absolute atomic E-state index is 0.227. The van der Waals surface area contributed by atoms with E-state index in [0.29, 0.717) is 0 Å². The maximum absolute atomic E-state index is 11.3. The van der Waals surface area contributed by atoms with Gasteiger partial charge >= 0.3 is 196 Å². The van der Waals surface area contributed by atoms with Gasteiger partial charge in [-0.25, -0.2) is 0 Å². The fourth-order valence-corrected chi connectivity index (χ4v) is 18.3. The molecule has 10 heteroatoms. The molecule has 213 valence electrons. The van der Waals surface area contributed by atoms with E-state index in [4.69, 9.17) is 56.3 Å². The van der Waals surface area contributed by atoms with E-state index < -0.39 is 42.5 Å². The first-order chi connectivity index (χ1) is 20.2. The van der Waals surface area contributed by atoms with Gasteiger partial charge in [-0.05, 0) is 0 Å². The Kier molecular flexibility index (Phi) is 8.47. The number of rotatable bonds is 4. The number of benzene rings is 4. The number of carbonyl (C=O) groups excluding carboxylic acids is 2. The van der Waals surface area contributed by atoms with Gasteiger partial charge in [0.2, 0.25) is 0 Å². The van der Waals surface area contributed by atoms with Crippen molar-refractivity contribution in [3.8, 4) is 0 Å². The molecule has 4 aromatic carbocycles. The van der Waals surface area contributed by atoms with Crippen molar-refractivity contribution < 1.29 is 19.5 Å². The molecular weight excluding hydrogens is 726 g/mol. The average molecular weight is 749 g/mol. The molecule has 5 nitrogen and oxygen atoms in total. The van der Waals surface area contributed by atoms with Crippen molar-refractivity contribution in [3.63, 3.8) is 0 Å². The van der Waals surface area contributed by atoms with Crippen LogP contribution in [0.25, 0.3) is 0 Å². The summed E-state index contributed by atoms with van der Waals surface area (Å²) in [5.74, 6) is -2.06. The molecule has 4 atom stereocenters. The monoisotopic (exact) mass is 746 g/mol. The van der Waals surface area contributed by atoms with Crippen molar-refractivity contribution in [1.29, 1.82) is 0 Å². The van der Waals surface area contributed by atoms with Crippen LogP contribution in [-0.2, 0) is 14.3 Å². The van der Waals surface area contributed by atoms with E-state index in [1.165, 1.54) is 14.0 Å². The molecule has 1 N–H and O–H groups in total. The van der Waals surface area contributed by atoms with Gasteiger partial charge in [-0.3, -0.25) is 14.8 Å². The molecule has 42 heavy (non-hydrogen) atoms. The summed E-state index contributed by atoms with van der Waals surface area (Å²) >= 11 is 21.4. The van der Waals surface area contributed by atoms with Crippen LogP contribution in [0.1, 0.15) is 0 Å². The van der Waals surface area contributed by atoms with Crippen LogP contribution in [0.4, 0.5) is 0 Å². The summed E-state index contributed by atoms with van der Waals surface area (Å²) < 4.78 is 10.4. The van der Waals surface area contributed by atoms with Gasteiger partial charge in [0, 0.05) is 0 Å². The van der Waals surface area contributed by atoms with Gasteiger partial charge in [0.1, 0.15) is 0 Å². The van der Waals surface area contributed by atoms with Crippen molar-refractivity contribution in [3.05, 3.63) is 129 Å².